The van der Waals surface area contributed by atoms with Gasteiger partial charge in [0.1, 0.15) is 5.76 Å². The van der Waals surface area contributed by atoms with E-state index in [9.17, 15) is 4.79 Å². The molecule has 2 aromatic carbocycles. The number of benzene rings is 2. The first-order valence-electron chi connectivity index (χ1n) is 7.30. The summed E-state index contributed by atoms with van der Waals surface area (Å²) in [4.78, 5) is 14.6. The van der Waals surface area contributed by atoms with E-state index in [0.717, 1.165) is 11.3 Å². The van der Waals surface area contributed by atoms with Gasteiger partial charge in [-0.15, -0.1) is 0 Å². The van der Waals surface area contributed by atoms with E-state index in [1.54, 1.807) is 23.3 Å². The number of carbonyl (C=O) groups excluding carboxylic acids is 1. The second kappa shape index (κ2) is 6.71. The zero-order valence-corrected chi connectivity index (χ0v) is 13.5. The first kappa shape index (κ1) is 15.4. The van der Waals surface area contributed by atoms with Gasteiger partial charge < -0.3 is 9.32 Å². The van der Waals surface area contributed by atoms with Crippen molar-refractivity contribution in [3.63, 3.8) is 0 Å². The molecule has 0 aliphatic heterocycles. The van der Waals surface area contributed by atoms with E-state index in [-0.39, 0.29) is 5.91 Å². The lowest BCUT2D eigenvalue weighted by molar-refractivity contribution is 0.0983. The molecule has 0 unspecified atom stereocenters. The summed E-state index contributed by atoms with van der Waals surface area (Å²) < 4.78 is 5.39. The predicted octanol–water partition coefficient (Wildman–Crippen LogP) is 5.09. The smallest absolute Gasteiger partial charge is 0.258 e. The Balaban J connectivity index is 1.97. The Morgan fingerprint density at radius 3 is 2.52 bits per heavy atom. The molecule has 0 N–H and O–H groups in total. The van der Waals surface area contributed by atoms with E-state index in [0.29, 0.717) is 22.9 Å². The van der Waals surface area contributed by atoms with E-state index >= 15 is 0 Å². The third kappa shape index (κ3) is 3.63. The molecule has 3 nitrogen and oxygen atoms in total. The maximum atomic E-state index is 12.9. The van der Waals surface area contributed by atoms with Gasteiger partial charge in [0.05, 0.1) is 12.8 Å². The number of amides is 1. The Labute approximate surface area is 140 Å². The van der Waals surface area contributed by atoms with E-state index in [4.69, 9.17) is 16.0 Å². The molecular weight excluding hydrogens is 310 g/mol. The fraction of sp³-hybridized carbons (Fsp3) is 0.105. The highest BCUT2D eigenvalue weighted by atomic mass is 35.5. The molecule has 1 amide bonds. The topological polar surface area (TPSA) is 33.5 Å². The third-order valence-electron chi connectivity index (χ3n) is 3.56. The highest BCUT2D eigenvalue weighted by Gasteiger charge is 2.19. The average molecular weight is 326 g/mol. The lowest BCUT2D eigenvalue weighted by atomic mass is 10.1. The van der Waals surface area contributed by atoms with Crippen molar-refractivity contribution in [2.45, 2.75) is 13.5 Å². The number of nitrogens with zero attached hydrogens (tertiary/aromatic N) is 1. The van der Waals surface area contributed by atoms with Gasteiger partial charge in [0.15, 0.2) is 0 Å². The molecule has 0 bridgehead atoms. The highest BCUT2D eigenvalue weighted by molar-refractivity contribution is 6.31. The normalized spacial score (nSPS) is 10.5. The van der Waals surface area contributed by atoms with Crippen LogP contribution in [0.1, 0.15) is 21.7 Å². The summed E-state index contributed by atoms with van der Waals surface area (Å²) >= 11 is 6.08. The van der Waals surface area contributed by atoms with Crippen LogP contribution in [0.3, 0.4) is 0 Å². The molecule has 3 rings (SSSR count). The van der Waals surface area contributed by atoms with Gasteiger partial charge in [0, 0.05) is 16.3 Å². The van der Waals surface area contributed by atoms with Gasteiger partial charge in [-0.25, -0.2) is 0 Å². The summed E-state index contributed by atoms with van der Waals surface area (Å²) in [7, 11) is 0. The number of hydrogen-bond donors (Lipinski definition) is 0. The van der Waals surface area contributed by atoms with Gasteiger partial charge in [-0.3, -0.25) is 4.79 Å². The Morgan fingerprint density at radius 2 is 1.87 bits per heavy atom. The third-order valence-corrected chi connectivity index (χ3v) is 3.79. The Bertz CT molecular complexity index is 795. The van der Waals surface area contributed by atoms with Gasteiger partial charge in [0.2, 0.25) is 0 Å². The fourth-order valence-corrected chi connectivity index (χ4v) is 2.52. The number of anilines is 1. The van der Waals surface area contributed by atoms with Crippen LogP contribution in [0.15, 0.2) is 71.3 Å². The van der Waals surface area contributed by atoms with Crippen LogP contribution in [0.2, 0.25) is 5.02 Å². The SMILES string of the molecule is Cc1ccc(C(=O)N(Cc2ccco2)c2cccc(Cl)c2)cc1. The molecule has 23 heavy (non-hydrogen) atoms. The van der Waals surface area contributed by atoms with E-state index in [2.05, 4.69) is 0 Å². The monoisotopic (exact) mass is 325 g/mol. The summed E-state index contributed by atoms with van der Waals surface area (Å²) in [6.07, 6.45) is 1.60. The van der Waals surface area contributed by atoms with Crippen LogP contribution in [0.5, 0.6) is 0 Å². The van der Waals surface area contributed by atoms with Crippen LogP contribution in [-0.2, 0) is 6.54 Å². The van der Waals surface area contributed by atoms with Gasteiger partial charge in [0.25, 0.3) is 5.91 Å². The number of furan rings is 1. The molecule has 0 aliphatic rings. The first-order valence-corrected chi connectivity index (χ1v) is 7.68. The minimum atomic E-state index is -0.0938. The molecule has 116 valence electrons. The number of halogens is 1. The molecule has 1 heterocycles. The maximum Gasteiger partial charge on any atom is 0.258 e. The molecular formula is C19H16ClNO2. The van der Waals surface area contributed by atoms with Crippen molar-refractivity contribution < 1.29 is 9.21 Å². The minimum Gasteiger partial charge on any atom is -0.467 e. The molecule has 0 radical (unpaired) electrons. The summed E-state index contributed by atoms with van der Waals surface area (Å²) in [6, 6.07) is 18.4. The molecule has 4 heteroatoms. The molecule has 0 saturated carbocycles. The average Bonchev–Trinajstić information content (AvgIpc) is 3.06. The summed E-state index contributed by atoms with van der Waals surface area (Å²) in [5, 5.41) is 0.587. The summed E-state index contributed by atoms with van der Waals surface area (Å²) in [5.41, 5.74) is 2.48. The molecule has 0 atom stereocenters. The van der Waals surface area contributed by atoms with Crippen LogP contribution in [0, 0.1) is 6.92 Å². The van der Waals surface area contributed by atoms with Crippen LogP contribution >= 0.6 is 11.6 Å². The maximum absolute atomic E-state index is 12.9. The van der Waals surface area contributed by atoms with Crippen molar-refractivity contribution in [3.8, 4) is 0 Å². The van der Waals surface area contributed by atoms with E-state index in [1.807, 2.05) is 55.5 Å². The minimum absolute atomic E-state index is 0.0938. The predicted molar refractivity (Wildman–Crippen MR) is 91.9 cm³/mol. The first-order chi connectivity index (χ1) is 11.1. The van der Waals surface area contributed by atoms with E-state index < -0.39 is 0 Å². The molecule has 0 fully saturated rings. The largest absolute Gasteiger partial charge is 0.467 e. The van der Waals surface area contributed by atoms with Gasteiger partial charge in [-0.05, 0) is 49.4 Å². The number of aryl methyl sites for hydroxylation is 1. The fourth-order valence-electron chi connectivity index (χ4n) is 2.33. The second-order valence-corrected chi connectivity index (χ2v) is 5.75. The number of hydrogen-bond acceptors (Lipinski definition) is 2. The van der Waals surface area contributed by atoms with Crippen molar-refractivity contribution in [2.24, 2.45) is 0 Å². The van der Waals surface area contributed by atoms with Crippen LogP contribution in [0.25, 0.3) is 0 Å². The van der Waals surface area contributed by atoms with Crippen LogP contribution in [-0.4, -0.2) is 5.91 Å². The lowest BCUT2D eigenvalue weighted by Crippen LogP contribution is -2.30. The van der Waals surface area contributed by atoms with Crippen LogP contribution < -0.4 is 4.90 Å². The zero-order chi connectivity index (χ0) is 16.2. The van der Waals surface area contributed by atoms with Gasteiger partial charge >= 0.3 is 0 Å². The lowest BCUT2D eigenvalue weighted by Gasteiger charge is -2.22. The zero-order valence-electron chi connectivity index (χ0n) is 12.7. The van der Waals surface area contributed by atoms with Crippen molar-refractivity contribution in [1.82, 2.24) is 0 Å². The Kier molecular flexibility index (Phi) is 4.49. The Morgan fingerprint density at radius 1 is 1.09 bits per heavy atom. The summed E-state index contributed by atoms with van der Waals surface area (Å²) in [6.45, 7) is 2.34. The molecule has 0 aliphatic carbocycles. The van der Waals surface area contributed by atoms with Gasteiger partial charge in [-0.2, -0.15) is 0 Å². The quantitative estimate of drug-likeness (QED) is 0.669. The Hall–Kier alpha value is -2.52. The van der Waals surface area contributed by atoms with Crippen molar-refractivity contribution in [1.29, 1.82) is 0 Å². The van der Waals surface area contributed by atoms with Gasteiger partial charge in [-0.1, -0.05) is 35.4 Å². The van der Waals surface area contributed by atoms with Crippen molar-refractivity contribution in [3.05, 3.63) is 88.8 Å². The van der Waals surface area contributed by atoms with E-state index in [1.165, 1.54) is 0 Å². The van der Waals surface area contributed by atoms with Crippen molar-refractivity contribution in [2.75, 3.05) is 4.90 Å². The second-order valence-electron chi connectivity index (χ2n) is 5.32. The van der Waals surface area contributed by atoms with Crippen molar-refractivity contribution >= 4 is 23.2 Å². The molecule has 1 aromatic heterocycles. The number of carbonyl (C=O) groups is 1. The molecule has 0 saturated heterocycles. The molecule has 3 aromatic rings. The standard InChI is InChI=1S/C19H16ClNO2/c1-14-7-9-15(10-8-14)19(22)21(13-18-6-3-11-23-18)17-5-2-4-16(20)12-17/h2-12H,13H2,1H3. The number of rotatable bonds is 4. The molecule has 0 spiro atoms. The summed E-state index contributed by atoms with van der Waals surface area (Å²) in [5.74, 6) is 0.620. The van der Waals surface area contributed by atoms with Crippen LogP contribution in [0.4, 0.5) is 5.69 Å². The highest BCUT2D eigenvalue weighted by Crippen LogP contribution is 2.24.